The lowest BCUT2D eigenvalue weighted by molar-refractivity contribution is -0.165. The van der Waals surface area contributed by atoms with Crippen LogP contribution in [0, 0.1) is 5.41 Å². The van der Waals surface area contributed by atoms with Crippen molar-refractivity contribution in [3.8, 4) is 0 Å². The van der Waals surface area contributed by atoms with E-state index >= 15 is 0 Å². The van der Waals surface area contributed by atoms with E-state index in [2.05, 4.69) is 5.32 Å². The topological polar surface area (TPSA) is 84.9 Å². The molecule has 1 amide bonds. The first-order valence-electron chi connectivity index (χ1n) is 8.53. The largest absolute Gasteiger partial charge is 0.481 e. The zero-order valence-corrected chi connectivity index (χ0v) is 14.4. The average molecular weight is 327 g/mol. The summed E-state index contributed by atoms with van der Waals surface area (Å²) in [4.78, 5) is 24.6. The van der Waals surface area contributed by atoms with Gasteiger partial charge in [0.25, 0.3) is 0 Å². The molecule has 0 atom stereocenters. The Kier molecular flexibility index (Phi) is 5.23. The second kappa shape index (κ2) is 6.67. The SMILES string of the molecule is CC(C)(C)OC(=O)NC1(C2(C(=O)O)CCOCC2)CCCCC1. The fourth-order valence-corrected chi connectivity index (χ4v) is 3.99. The molecule has 1 heterocycles. The van der Waals surface area contributed by atoms with Crippen molar-refractivity contribution in [3.05, 3.63) is 0 Å². The quantitative estimate of drug-likeness (QED) is 0.832. The smallest absolute Gasteiger partial charge is 0.408 e. The van der Waals surface area contributed by atoms with Gasteiger partial charge in [0.15, 0.2) is 0 Å². The number of rotatable bonds is 3. The van der Waals surface area contributed by atoms with Gasteiger partial charge < -0.3 is 19.9 Å². The van der Waals surface area contributed by atoms with Gasteiger partial charge in [0, 0.05) is 13.2 Å². The molecule has 0 aromatic carbocycles. The van der Waals surface area contributed by atoms with E-state index in [4.69, 9.17) is 9.47 Å². The standard InChI is InChI=1S/C17H29NO5/c1-15(2,3)23-14(21)18-17(7-5-4-6-8-17)16(13(19)20)9-11-22-12-10-16/h4-12H2,1-3H3,(H,18,21)(H,19,20). The van der Waals surface area contributed by atoms with Crippen molar-refractivity contribution in [2.24, 2.45) is 5.41 Å². The minimum Gasteiger partial charge on any atom is -0.481 e. The van der Waals surface area contributed by atoms with Crippen molar-refractivity contribution < 1.29 is 24.2 Å². The van der Waals surface area contributed by atoms with Gasteiger partial charge in [-0.05, 0) is 46.5 Å². The van der Waals surface area contributed by atoms with Crippen molar-refractivity contribution >= 4 is 12.1 Å². The highest BCUT2D eigenvalue weighted by Gasteiger charge is 2.58. The molecule has 1 aliphatic carbocycles. The summed E-state index contributed by atoms with van der Waals surface area (Å²) in [7, 11) is 0. The molecule has 2 rings (SSSR count). The predicted molar refractivity (Wildman–Crippen MR) is 85.3 cm³/mol. The molecule has 0 aromatic rings. The predicted octanol–water partition coefficient (Wildman–Crippen LogP) is 3.10. The van der Waals surface area contributed by atoms with E-state index in [1.165, 1.54) is 0 Å². The Morgan fingerprint density at radius 3 is 2.09 bits per heavy atom. The molecule has 1 saturated heterocycles. The monoisotopic (exact) mass is 327 g/mol. The molecule has 1 aliphatic heterocycles. The number of carboxylic acid groups (broad SMARTS) is 1. The van der Waals surface area contributed by atoms with Crippen molar-refractivity contribution in [2.45, 2.75) is 76.9 Å². The van der Waals surface area contributed by atoms with Crippen LogP contribution in [0.4, 0.5) is 4.79 Å². The number of aliphatic carboxylic acids is 1. The maximum atomic E-state index is 12.4. The summed E-state index contributed by atoms with van der Waals surface area (Å²) in [6.45, 7) is 6.26. The minimum atomic E-state index is -0.970. The molecule has 6 nitrogen and oxygen atoms in total. The molecule has 0 spiro atoms. The van der Waals surface area contributed by atoms with Gasteiger partial charge in [-0.25, -0.2) is 4.79 Å². The molecule has 0 bridgehead atoms. The minimum absolute atomic E-state index is 0.421. The van der Waals surface area contributed by atoms with Crippen LogP contribution >= 0.6 is 0 Å². The number of carbonyl (C=O) groups is 2. The third-order valence-electron chi connectivity index (χ3n) is 5.12. The first kappa shape index (κ1) is 18.0. The van der Waals surface area contributed by atoms with Gasteiger partial charge >= 0.3 is 12.1 Å². The van der Waals surface area contributed by atoms with Crippen molar-refractivity contribution in [1.29, 1.82) is 0 Å². The zero-order valence-electron chi connectivity index (χ0n) is 14.4. The average Bonchev–Trinajstić information content (AvgIpc) is 2.46. The van der Waals surface area contributed by atoms with Crippen LogP contribution in [0.2, 0.25) is 0 Å². The number of ether oxygens (including phenoxy) is 2. The van der Waals surface area contributed by atoms with Gasteiger partial charge in [0.2, 0.25) is 0 Å². The number of nitrogens with one attached hydrogen (secondary N) is 1. The van der Waals surface area contributed by atoms with Gasteiger partial charge in [-0.2, -0.15) is 0 Å². The van der Waals surface area contributed by atoms with E-state index in [-0.39, 0.29) is 0 Å². The van der Waals surface area contributed by atoms with Crippen LogP contribution in [0.1, 0.15) is 65.7 Å². The zero-order chi connectivity index (χ0) is 17.1. The van der Waals surface area contributed by atoms with Crippen molar-refractivity contribution in [1.82, 2.24) is 5.32 Å². The van der Waals surface area contributed by atoms with Crippen molar-refractivity contribution in [2.75, 3.05) is 13.2 Å². The lowest BCUT2D eigenvalue weighted by atomic mass is 9.59. The highest BCUT2D eigenvalue weighted by atomic mass is 16.6. The molecule has 6 heteroatoms. The van der Waals surface area contributed by atoms with Crippen LogP contribution < -0.4 is 5.32 Å². The van der Waals surface area contributed by atoms with E-state index in [1.54, 1.807) is 0 Å². The Balaban J connectivity index is 2.30. The van der Waals surface area contributed by atoms with E-state index in [0.29, 0.717) is 38.9 Å². The summed E-state index contributed by atoms with van der Waals surface area (Å²) < 4.78 is 10.8. The van der Waals surface area contributed by atoms with Gasteiger partial charge in [-0.15, -0.1) is 0 Å². The highest BCUT2D eigenvalue weighted by molar-refractivity contribution is 5.79. The van der Waals surface area contributed by atoms with Gasteiger partial charge in [0.1, 0.15) is 5.60 Å². The Bertz CT molecular complexity index is 442. The normalized spacial score (nSPS) is 23.8. The first-order valence-corrected chi connectivity index (χ1v) is 8.53. The lowest BCUT2D eigenvalue weighted by Gasteiger charge is -2.51. The molecule has 0 radical (unpaired) electrons. The van der Waals surface area contributed by atoms with Crippen molar-refractivity contribution in [3.63, 3.8) is 0 Å². The third kappa shape index (κ3) is 3.79. The molecule has 2 fully saturated rings. The van der Waals surface area contributed by atoms with Crippen LogP contribution in [0.5, 0.6) is 0 Å². The molecule has 2 N–H and O–H groups in total. The van der Waals surface area contributed by atoms with Gasteiger partial charge in [-0.3, -0.25) is 4.79 Å². The van der Waals surface area contributed by atoms with Crippen LogP contribution in [0.25, 0.3) is 0 Å². The number of carboxylic acids is 1. The lowest BCUT2D eigenvalue weighted by Crippen LogP contribution is -2.65. The Labute approximate surface area is 137 Å². The van der Waals surface area contributed by atoms with E-state index < -0.39 is 28.6 Å². The molecule has 2 aliphatic rings. The Hall–Kier alpha value is -1.30. The van der Waals surface area contributed by atoms with Gasteiger partial charge in [0.05, 0.1) is 11.0 Å². The molecule has 132 valence electrons. The molecular formula is C17H29NO5. The molecular weight excluding hydrogens is 298 g/mol. The molecule has 0 unspecified atom stereocenters. The summed E-state index contributed by atoms with van der Waals surface area (Å²) in [6, 6.07) is 0. The van der Waals surface area contributed by atoms with Crippen LogP contribution in [-0.2, 0) is 14.3 Å². The second-order valence-corrected chi connectivity index (χ2v) is 7.77. The summed E-state index contributed by atoms with van der Waals surface area (Å²) in [5, 5.41) is 13.0. The molecule has 1 saturated carbocycles. The van der Waals surface area contributed by atoms with Gasteiger partial charge in [-0.1, -0.05) is 19.3 Å². The number of alkyl carbamates (subject to hydrolysis) is 1. The number of hydrogen-bond donors (Lipinski definition) is 2. The maximum absolute atomic E-state index is 12.4. The van der Waals surface area contributed by atoms with E-state index in [0.717, 1.165) is 19.3 Å². The summed E-state index contributed by atoms with van der Waals surface area (Å²) >= 11 is 0. The second-order valence-electron chi connectivity index (χ2n) is 7.77. The molecule has 0 aromatic heterocycles. The van der Waals surface area contributed by atoms with Crippen LogP contribution in [0.15, 0.2) is 0 Å². The summed E-state index contributed by atoms with van der Waals surface area (Å²) in [5.41, 5.74) is -2.32. The summed E-state index contributed by atoms with van der Waals surface area (Å²) in [6.07, 6.45) is 4.61. The third-order valence-corrected chi connectivity index (χ3v) is 5.12. The Morgan fingerprint density at radius 2 is 1.61 bits per heavy atom. The van der Waals surface area contributed by atoms with E-state index in [1.807, 2.05) is 20.8 Å². The summed E-state index contributed by atoms with van der Waals surface area (Å²) in [5.74, 6) is -0.834. The number of hydrogen-bond acceptors (Lipinski definition) is 4. The molecule has 23 heavy (non-hydrogen) atoms. The highest BCUT2D eigenvalue weighted by Crippen LogP contribution is 2.49. The maximum Gasteiger partial charge on any atom is 0.408 e. The fourth-order valence-electron chi connectivity index (χ4n) is 3.99. The Morgan fingerprint density at radius 1 is 1.04 bits per heavy atom. The first-order chi connectivity index (χ1) is 10.7. The van der Waals surface area contributed by atoms with Crippen LogP contribution in [0.3, 0.4) is 0 Å². The number of amides is 1. The van der Waals surface area contributed by atoms with Crippen LogP contribution in [-0.4, -0.2) is 41.5 Å². The fraction of sp³-hybridized carbons (Fsp3) is 0.882. The number of carbonyl (C=O) groups excluding carboxylic acids is 1. The van der Waals surface area contributed by atoms with E-state index in [9.17, 15) is 14.7 Å².